The Kier molecular flexibility index (Phi) is 3.47. The predicted octanol–water partition coefficient (Wildman–Crippen LogP) is 2.95. The molecule has 0 unspecified atom stereocenters. The summed E-state index contributed by atoms with van der Waals surface area (Å²) in [6.07, 6.45) is -4.86. The number of hydrogen-bond acceptors (Lipinski definition) is 4. The first-order valence-corrected chi connectivity index (χ1v) is 5.71. The van der Waals surface area contributed by atoms with E-state index in [9.17, 15) is 22.4 Å². The van der Waals surface area contributed by atoms with Crippen molar-refractivity contribution in [2.24, 2.45) is 0 Å². The van der Waals surface area contributed by atoms with Gasteiger partial charge in [-0.2, -0.15) is 13.2 Å². The molecule has 1 aromatic heterocycles. The molecule has 19 heavy (non-hydrogen) atoms. The Balaban J connectivity index is 2.33. The quantitative estimate of drug-likeness (QED) is 0.865. The molecule has 2 rings (SSSR count). The number of rotatable bonds is 2. The number of aromatic nitrogens is 2. The molecule has 0 saturated heterocycles. The summed E-state index contributed by atoms with van der Waals surface area (Å²) in [7, 11) is 0. The Morgan fingerprint density at radius 2 is 2.05 bits per heavy atom. The number of amides is 1. The van der Waals surface area contributed by atoms with Crippen LogP contribution in [-0.2, 0) is 6.18 Å². The largest absolute Gasteiger partial charge is 0.419 e. The van der Waals surface area contributed by atoms with Crippen LogP contribution in [0.1, 0.15) is 15.9 Å². The number of halogens is 4. The lowest BCUT2D eigenvalue weighted by molar-refractivity contribution is -0.140. The van der Waals surface area contributed by atoms with Gasteiger partial charge in [-0.25, -0.2) is 4.39 Å². The summed E-state index contributed by atoms with van der Waals surface area (Å²) >= 11 is 0.963. The van der Waals surface area contributed by atoms with Crippen LogP contribution < -0.4 is 5.32 Å². The summed E-state index contributed by atoms with van der Waals surface area (Å²) in [6.45, 7) is 0. The van der Waals surface area contributed by atoms with Gasteiger partial charge in [-0.15, -0.1) is 10.2 Å². The van der Waals surface area contributed by atoms with E-state index in [0.717, 1.165) is 23.5 Å². The lowest BCUT2D eigenvalue weighted by Crippen LogP contribution is -2.17. The van der Waals surface area contributed by atoms with Crippen molar-refractivity contribution in [2.45, 2.75) is 6.18 Å². The van der Waals surface area contributed by atoms with Gasteiger partial charge in [-0.1, -0.05) is 17.4 Å². The van der Waals surface area contributed by atoms with Crippen LogP contribution in [0.5, 0.6) is 0 Å². The minimum atomic E-state index is -4.86. The molecule has 4 nitrogen and oxygen atoms in total. The maximum absolute atomic E-state index is 13.6. The van der Waals surface area contributed by atoms with Crippen LogP contribution in [0.2, 0.25) is 0 Å². The minimum Gasteiger partial charge on any atom is -0.296 e. The van der Waals surface area contributed by atoms with Crippen molar-refractivity contribution >= 4 is 22.4 Å². The Labute approximate surface area is 108 Å². The molecule has 0 radical (unpaired) electrons. The molecule has 0 fully saturated rings. The van der Waals surface area contributed by atoms with Gasteiger partial charge in [-0.3, -0.25) is 10.1 Å². The zero-order valence-electron chi connectivity index (χ0n) is 9.03. The highest BCUT2D eigenvalue weighted by atomic mass is 32.1. The molecular formula is C10H5F4N3OS. The number of nitrogens with one attached hydrogen (secondary N) is 1. The SMILES string of the molecule is O=C(Nc1nncs1)c1cccc(C(F)(F)F)c1F. The Morgan fingerprint density at radius 3 is 2.63 bits per heavy atom. The maximum atomic E-state index is 13.6. The van der Waals surface area contributed by atoms with E-state index in [2.05, 4.69) is 15.5 Å². The molecule has 2 aromatic rings. The maximum Gasteiger partial charge on any atom is 0.419 e. The van der Waals surface area contributed by atoms with E-state index in [1.165, 1.54) is 5.51 Å². The molecule has 0 saturated carbocycles. The smallest absolute Gasteiger partial charge is 0.296 e. The molecule has 0 aliphatic carbocycles. The molecule has 1 heterocycles. The zero-order chi connectivity index (χ0) is 14.0. The van der Waals surface area contributed by atoms with E-state index in [-0.39, 0.29) is 5.13 Å². The highest BCUT2D eigenvalue weighted by Gasteiger charge is 2.35. The van der Waals surface area contributed by atoms with Crippen LogP contribution in [0.3, 0.4) is 0 Å². The van der Waals surface area contributed by atoms with Gasteiger partial charge in [-0.05, 0) is 12.1 Å². The third kappa shape index (κ3) is 2.87. The summed E-state index contributed by atoms with van der Waals surface area (Å²) in [4.78, 5) is 11.6. The van der Waals surface area contributed by atoms with Gasteiger partial charge >= 0.3 is 6.18 Å². The number of hydrogen-bond donors (Lipinski definition) is 1. The first kappa shape index (κ1) is 13.4. The van der Waals surface area contributed by atoms with Crippen molar-refractivity contribution in [1.82, 2.24) is 10.2 Å². The second-order valence-electron chi connectivity index (χ2n) is 3.36. The molecule has 1 N–H and O–H groups in total. The van der Waals surface area contributed by atoms with E-state index >= 15 is 0 Å². The van der Waals surface area contributed by atoms with E-state index in [1.807, 2.05) is 0 Å². The highest BCUT2D eigenvalue weighted by molar-refractivity contribution is 7.13. The zero-order valence-corrected chi connectivity index (χ0v) is 9.85. The normalized spacial score (nSPS) is 11.4. The third-order valence-corrected chi connectivity index (χ3v) is 2.74. The summed E-state index contributed by atoms with van der Waals surface area (Å²) in [5.41, 5.74) is -0.875. The molecule has 1 amide bonds. The number of carbonyl (C=O) groups excluding carboxylic acids is 1. The standard InChI is InChI=1S/C10H5F4N3OS/c11-7-5(2-1-3-6(7)10(12,13)14)8(18)16-9-17-15-4-19-9/h1-4H,(H,16,17,18). The van der Waals surface area contributed by atoms with Crippen LogP contribution in [0.4, 0.5) is 22.7 Å². The fourth-order valence-corrected chi connectivity index (χ4v) is 1.76. The molecule has 0 aliphatic heterocycles. The van der Waals surface area contributed by atoms with Crippen molar-refractivity contribution in [1.29, 1.82) is 0 Å². The van der Waals surface area contributed by atoms with Crippen LogP contribution in [0.25, 0.3) is 0 Å². The number of nitrogens with zero attached hydrogens (tertiary/aromatic N) is 2. The van der Waals surface area contributed by atoms with Gasteiger partial charge in [0.1, 0.15) is 11.3 Å². The second-order valence-corrected chi connectivity index (χ2v) is 4.20. The van der Waals surface area contributed by atoms with Crippen molar-refractivity contribution in [3.8, 4) is 0 Å². The highest BCUT2D eigenvalue weighted by Crippen LogP contribution is 2.32. The molecule has 0 atom stereocenters. The fourth-order valence-electron chi connectivity index (χ4n) is 1.32. The average molecular weight is 291 g/mol. The van der Waals surface area contributed by atoms with Gasteiger partial charge in [0.15, 0.2) is 0 Å². The van der Waals surface area contributed by atoms with Crippen molar-refractivity contribution in [2.75, 3.05) is 5.32 Å². The lowest BCUT2D eigenvalue weighted by atomic mass is 10.1. The van der Waals surface area contributed by atoms with Crippen molar-refractivity contribution in [3.63, 3.8) is 0 Å². The van der Waals surface area contributed by atoms with Crippen molar-refractivity contribution in [3.05, 3.63) is 40.7 Å². The van der Waals surface area contributed by atoms with Crippen molar-refractivity contribution < 1.29 is 22.4 Å². The number of alkyl halides is 3. The van der Waals surface area contributed by atoms with Gasteiger partial charge in [0.05, 0.1) is 11.1 Å². The van der Waals surface area contributed by atoms with Gasteiger partial charge < -0.3 is 0 Å². The number of anilines is 1. The van der Waals surface area contributed by atoms with Crippen LogP contribution in [0, 0.1) is 5.82 Å². The first-order chi connectivity index (χ1) is 8.89. The minimum absolute atomic E-state index is 0.0711. The summed E-state index contributed by atoms with van der Waals surface area (Å²) in [6, 6.07) is 2.49. The lowest BCUT2D eigenvalue weighted by Gasteiger charge is -2.10. The fraction of sp³-hybridized carbons (Fsp3) is 0.100. The van der Waals surface area contributed by atoms with E-state index in [1.54, 1.807) is 0 Å². The molecule has 100 valence electrons. The van der Waals surface area contributed by atoms with Gasteiger partial charge in [0.25, 0.3) is 5.91 Å². The molecule has 1 aromatic carbocycles. The Hall–Kier alpha value is -2.03. The summed E-state index contributed by atoms with van der Waals surface area (Å²) in [5, 5.41) is 9.13. The first-order valence-electron chi connectivity index (χ1n) is 4.83. The summed E-state index contributed by atoms with van der Waals surface area (Å²) in [5.74, 6) is -2.63. The number of benzene rings is 1. The topological polar surface area (TPSA) is 54.9 Å². The molecule has 9 heteroatoms. The molecule has 0 spiro atoms. The molecule has 0 bridgehead atoms. The second kappa shape index (κ2) is 4.92. The average Bonchev–Trinajstić information content (AvgIpc) is 2.80. The monoisotopic (exact) mass is 291 g/mol. The third-order valence-electron chi connectivity index (χ3n) is 2.13. The predicted molar refractivity (Wildman–Crippen MR) is 59.3 cm³/mol. The van der Waals surface area contributed by atoms with Gasteiger partial charge in [0.2, 0.25) is 5.13 Å². The van der Waals surface area contributed by atoms with Crippen LogP contribution in [0.15, 0.2) is 23.7 Å². The van der Waals surface area contributed by atoms with E-state index < -0.39 is 29.0 Å². The molecule has 0 aliphatic rings. The Morgan fingerprint density at radius 1 is 1.32 bits per heavy atom. The summed E-state index contributed by atoms with van der Waals surface area (Å²) < 4.78 is 51.1. The van der Waals surface area contributed by atoms with E-state index in [0.29, 0.717) is 6.07 Å². The van der Waals surface area contributed by atoms with Crippen LogP contribution in [-0.4, -0.2) is 16.1 Å². The van der Waals surface area contributed by atoms with Crippen LogP contribution >= 0.6 is 11.3 Å². The van der Waals surface area contributed by atoms with E-state index in [4.69, 9.17) is 0 Å². The Bertz CT molecular complexity index is 597. The van der Waals surface area contributed by atoms with Gasteiger partial charge in [0, 0.05) is 0 Å². The number of carbonyl (C=O) groups is 1. The molecular weight excluding hydrogens is 286 g/mol.